The number of hydrogen-bond donors (Lipinski definition) is 0. The monoisotopic (exact) mass is 238 g/mol. The summed E-state index contributed by atoms with van der Waals surface area (Å²) >= 11 is 0.114. The average molecular weight is 237 g/mol. The summed E-state index contributed by atoms with van der Waals surface area (Å²) in [5.41, 5.74) is 0. The van der Waals surface area contributed by atoms with Gasteiger partial charge in [0.15, 0.2) is 0 Å². The summed E-state index contributed by atoms with van der Waals surface area (Å²) < 4.78 is 1.94. The molecular weight excluding hydrogens is 231 g/mol. The van der Waals surface area contributed by atoms with Gasteiger partial charge < -0.3 is 0 Å². The molecule has 2 aromatic heterocycles. The van der Waals surface area contributed by atoms with Crippen LogP contribution in [0, 0.1) is 0 Å². The quantitative estimate of drug-likeness (QED) is 0.623. The van der Waals surface area contributed by atoms with E-state index in [4.69, 9.17) is 0 Å². The zero-order chi connectivity index (χ0) is 8.93. The molecular formula is C8H6N4Se. The number of rotatable bonds is 2. The van der Waals surface area contributed by atoms with Crippen molar-refractivity contribution in [3.8, 4) is 0 Å². The van der Waals surface area contributed by atoms with E-state index in [1.807, 2.05) is 0 Å². The fourth-order valence-corrected chi connectivity index (χ4v) is 2.19. The standard InChI is InChI=1S/C8H6N4Se/c1-3-11-7(5-9-1)13-8-6-10-2-4-12-8/h1-6H. The molecule has 0 spiro atoms. The van der Waals surface area contributed by atoms with Crippen LogP contribution < -0.4 is 9.18 Å². The molecule has 4 nitrogen and oxygen atoms in total. The molecule has 0 aromatic carbocycles. The second-order valence-corrected chi connectivity index (χ2v) is 4.37. The Bertz CT molecular complexity index is 327. The van der Waals surface area contributed by atoms with Gasteiger partial charge in [0.2, 0.25) is 0 Å². The Morgan fingerprint density at radius 2 is 1.31 bits per heavy atom. The van der Waals surface area contributed by atoms with Gasteiger partial charge in [-0.15, -0.1) is 0 Å². The molecule has 0 fully saturated rings. The predicted molar refractivity (Wildman–Crippen MR) is 49.1 cm³/mol. The second-order valence-electron chi connectivity index (χ2n) is 2.19. The van der Waals surface area contributed by atoms with Gasteiger partial charge in [0.1, 0.15) is 0 Å². The van der Waals surface area contributed by atoms with Gasteiger partial charge in [0.05, 0.1) is 0 Å². The first-order chi connectivity index (χ1) is 6.45. The number of nitrogens with zero attached hydrogens (tertiary/aromatic N) is 4. The van der Waals surface area contributed by atoms with E-state index in [0.717, 1.165) is 9.18 Å². The summed E-state index contributed by atoms with van der Waals surface area (Å²) in [4.78, 5) is 16.3. The van der Waals surface area contributed by atoms with Gasteiger partial charge in [-0.2, -0.15) is 0 Å². The summed E-state index contributed by atoms with van der Waals surface area (Å²) in [5, 5.41) is 0. The maximum absolute atomic E-state index is 4.17. The zero-order valence-corrected chi connectivity index (χ0v) is 8.37. The summed E-state index contributed by atoms with van der Waals surface area (Å²) in [6, 6.07) is 0. The molecule has 0 aliphatic rings. The van der Waals surface area contributed by atoms with Crippen molar-refractivity contribution in [3.63, 3.8) is 0 Å². The van der Waals surface area contributed by atoms with Crippen molar-refractivity contribution in [3.05, 3.63) is 37.2 Å². The molecule has 13 heavy (non-hydrogen) atoms. The Morgan fingerprint density at radius 3 is 1.69 bits per heavy atom. The van der Waals surface area contributed by atoms with Crippen LogP contribution in [0.3, 0.4) is 0 Å². The first kappa shape index (κ1) is 8.29. The molecule has 0 aliphatic heterocycles. The first-order valence-electron chi connectivity index (χ1n) is 3.65. The molecule has 0 saturated carbocycles. The van der Waals surface area contributed by atoms with Crippen molar-refractivity contribution in [2.45, 2.75) is 0 Å². The Hall–Kier alpha value is -1.32. The number of aromatic nitrogens is 4. The molecule has 0 N–H and O–H groups in total. The van der Waals surface area contributed by atoms with Crippen LogP contribution in [0.1, 0.15) is 0 Å². The average Bonchev–Trinajstić information content (AvgIpc) is 2.21. The van der Waals surface area contributed by atoms with Crippen molar-refractivity contribution in [1.29, 1.82) is 0 Å². The minimum atomic E-state index is 0.114. The topological polar surface area (TPSA) is 51.6 Å². The molecule has 0 saturated heterocycles. The Kier molecular flexibility index (Phi) is 2.59. The van der Waals surface area contributed by atoms with Crippen LogP contribution in [0.5, 0.6) is 0 Å². The van der Waals surface area contributed by atoms with Crippen LogP contribution in [0.4, 0.5) is 0 Å². The van der Waals surface area contributed by atoms with E-state index in [-0.39, 0.29) is 15.0 Å². The molecule has 0 unspecified atom stereocenters. The van der Waals surface area contributed by atoms with E-state index < -0.39 is 0 Å². The zero-order valence-electron chi connectivity index (χ0n) is 6.66. The Morgan fingerprint density at radius 1 is 0.769 bits per heavy atom. The van der Waals surface area contributed by atoms with Gasteiger partial charge in [0, 0.05) is 0 Å². The molecule has 2 aromatic rings. The van der Waals surface area contributed by atoms with Crippen LogP contribution in [0.2, 0.25) is 0 Å². The van der Waals surface area contributed by atoms with Gasteiger partial charge in [-0.3, -0.25) is 0 Å². The van der Waals surface area contributed by atoms with Crippen molar-refractivity contribution >= 4 is 24.1 Å². The third-order valence-corrected chi connectivity index (χ3v) is 3.05. The summed E-state index contributed by atoms with van der Waals surface area (Å²) in [7, 11) is 0. The second kappa shape index (κ2) is 4.07. The van der Waals surface area contributed by atoms with E-state index >= 15 is 0 Å². The van der Waals surface area contributed by atoms with Crippen LogP contribution in [-0.2, 0) is 0 Å². The third kappa shape index (κ3) is 2.31. The van der Waals surface area contributed by atoms with Crippen molar-refractivity contribution in [1.82, 2.24) is 19.9 Å². The van der Waals surface area contributed by atoms with Gasteiger partial charge in [-0.1, -0.05) is 0 Å². The van der Waals surface area contributed by atoms with E-state index in [2.05, 4.69) is 19.9 Å². The molecule has 0 aliphatic carbocycles. The predicted octanol–water partition coefficient (Wildman–Crippen LogP) is -1.08. The van der Waals surface area contributed by atoms with Crippen LogP contribution >= 0.6 is 0 Å². The third-order valence-electron chi connectivity index (χ3n) is 1.29. The van der Waals surface area contributed by atoms with Crippen LogP contribution in [-0.4, -0.2) is 34.9 Å². The molecule has 0 atom stereocenters. The van der Waals surface area contributed by atoms with E-state index in [9.17, 15) is 0 Å². The van der Waals surface area contributed by atoms with Crippen LogP contribution in [0.15, 0.2) is 37.2 Å². The van der Waals surface area contributed by atoms with Gasteiger partial charge in [0.25, 0.3) is 0 Å². The van der Waals surface area contributed by atoms with E-state index in [0.29, 0.717) is 0 Å². The Labute approximate surface area is 81.6 Å². The fourth-order valence-electron chi connectivity index (χ4n) is 0.783. The van der Waals surface area contributed by atoms with Gasteiger partial charge in [-0.25, -0.2) is 0 Å². The molecule has 0 radical (unpaired) electrons. The Balaban J connectivity index is 2.16. The van der Waals surface area contributed by atoms with E-state index in [1.54, 1.807) is 37.2 Å². The molecule has 0 bridgehead atoms. The van der Waals surface area contributed by atoms with Gasteiger partial charge >= 0.3 is 81.3 Å². The molecule has 2 rings (SSSR count). The molecule has 64 valence electrons. The van der Waals surface area contributed by atoms with Crippen molar-refractivity contribution in [2.75, 3.05) is 0 Å². The van der Waals surface area contributed by atoms with Crippen molar-refractivity contribution in [2.24, 2.45) is 0 Å². The molecule has 2 heterocycles. The number of hydrogen-bond acceptors (Lipinski definition) is 4. The van der Waals surface area contributed by atoms with Gasteiger partial charge in [-0.05, 0) is 0 Å². The summed E-state index contributed by atoms with van der Waals surface area (Å²) in [6.07, 6.45) is 10.2. The van der Waals surface area contributed by atoms with Crippen molar-refractivity contribution < 1.29 is 0 Å². The maximum atomic E-state index is 4.17. The molecule has 0 amide bonds. The van der Waals surface area contributed by atoms with E-state index in [1.165, 1.54) is 0 Å². The molecule has 5 heteroatoms. The van der Waals surface area contributed by atoms with Crippen LogP contribution in [0.25, 0.3) is 0 Å². The SMILES string of the molecule is c1cnc([Se]c2cnccn2)cn1. The minimum absolute atomic E-state index is 0.114. The first-order valence-corrected chi connectivity index (χ1v) is 5.36. The summed E-state index contributed by atoms with van der Waals surface area (Å²) in [5.74, 6) is 0. The fraction of sp³-hybridized carbons (Fsp3) is 0. The summed E-state index contributed by atoms with van der Waals surface area (Å²) in [6.45, 7) is 0. The normalized spacial score (nSPS) is 9.85.